The smallest absolute Gasteiger partial charge is 0.222 e. The normalized spacial score (nSPS) is 15.0. The van der Waals surface area contributed by atoms with Crippen LogP contribution in [0.25, 0.3) is 0 Å². The van der Waals surface area contributed by atoms with Crippen molar-refractivity contribution in [3.05, 3.63) is 0 Å². The van der Waals surface area contributed by atoms with E-state index in [-0.39, 0.29) is 29.9 Å². The van der Waals surface area contributed by atoms with Crippen molar-refractivity contribution in [1.82, 2.24) is 15.5 Å². The number of rotatable bonds is 10. The van der Waals surface area contributed by atoms with Gasteiger partial charge < -0.3 is 20.3 Å². The molecule has 1 heterocycles. The summed E-state index contributed by atoms with van der Waals surface area (Å²) >= 11 is 0. The first-order valence-electron chi connectivity index (χ1n) is 8.51. The van der Waals surface area contributed by atoms with E-state index < -0.39 is 0 Å². The standard InChI is InChI=1S/C16H32N4O2.HI/c1-4-17-16(19-9-12-22-13-14(2)3)18-8-6-11-20-10-5-7-15(20)21;/h14H,4-13H2,1-3H3,(H2,17,18,19);1H. The average Bonchev–Trinajstić information content (AvgIpc) is 2.88. The lowest BCUT2D eigenvalue weighted by molar-refractivity contribution is -0.127. The maximum Gasteiger partial charge on any atom is 0.222 e. The van der Waals surface area contributed by atoms with Crippen molar-refractivity contribution in [3.63, 3.8) is 0 Å². The summed E-state index contributed by atoms with van der Waals surface area (Å²) in [5, 5.41) is 6.49. The number of amides is 1. The van der Waals surface area contributed by atoms with E-state index in [1.54, 1.807) is 0 Å². The lowest BCUT2D eigenvalue weighted by atomic mass is 10.2. The van der Waals surface area contributed by atoms with Gasteiger partial charge in [-0.25, -0.2) is 0 Å². The van der Waals surface area contributed by atoms with E-state index in [9.17, 15) is 4.79 Å². The van der Waals surface area contributed by atoms with E-state index in [0.29, 0.717) is 18.9 Å². The highest BCUT2D eigenvalue weighted by molar-refractivity contribution is 14.0. The number of hydrogen-bond acceptors (Lipinski definition) is 3. The van der Waals surface area contributed by atoms with Crippen molar-refractivity contribution in [2.24, 2.45) is 10.9 Å². The molecule has 1 aliphatic heterocycles. The average molecular weight is 440 g/mol. The van der Waals surface area contributed by atoms with E-state index in [1.807, 2.05) is 4.90 Å². The maximum absolute atomic E-state index is 11.5. The zero-order valence-corrected chi connectivity index (χ0v) is 17.1. The molecule has 1 fully saturated rings. The van der Waals surface area contributed by atoms with Gasteiger partial charge in [-0.2, -0.15) is 0 Å². The second-order valence-electron chi connectivity index (χ2n) is 5.99. The predicted octanol–water partition coefficient (Wildman–Crippen LogP) is 1.84. The van der Waals surface area contributed by atoms with Crippen LogP contribution in [0.1, 0.15) is 40.0 Å². The van der Waals surface area contributed by atoms with Crippen LogP contribution < -0.4 is 10.6 Å². The molecule has 2 N–H and O–H groups in total. The molecule has 7 heteroatoms. The summed E-state index contributed by atoms with van der Waals surface area (Å²) in [5.74, 6) is 1.68. The van der Waals surface area contributed by atoms with Crippen molar-refractivity contribution in [1.29, 1.82) is 0 Å². The molecule has 6 nitrogen and oxygen atoms in total. The number of carbonyl (C=O) groups excluding carboxylic acids is 1. The van der Waals surface area contributed by atoms with Gasteiger partial charge in [0.05, 0.1) is 6.61 Å². The van der Waals surface area contributed by atoms with Gasteiger partial charge in [-0.05, 0) is 25.7 Å². The number of nitrogens with one attached hydrogen (secondary N) is 2. The Bertz CT molecular complexity index is 351. The number of carbonyl (C=O) groups is 1. The number of ether oxygens (including phenoxy) is 1. The summed E-state index contributed by atoms with van der Waals surface area (Å²) in [6.45, 7) is 11.9. The molecule has 0 atom stereocenters. The van der Waals surface area contributed by atoms with Crippen molar-refractivity contribution in [2.75, 3.05) is 45.9 Å². The van der Waals surface area contributed by atoms with Crippen LogP contribution in [0.4, 0.5) is 0 Å². The molecule has 0 aromatic heterocycles. The zero-order valence-electron chi connectivity index (χ0n) is 14.8. The second-order valence-corrected chi connectivity index (χ2v) is 5.99. The molecule has 0 aliphatic carbocycles. The number of guanidine groups is 1. The minimum atomic E-state index is 0. The minimum absolute atomic E-state index is 0. The Hall–Kier alpha value is -0.570. The van der Waals surface area contributed by atoms with Crippen LogP contribution in [0.2, 0.25) is 0 Å². The molecule has 1 amide bonds. The summed E-state index contributed by atoms with van der Waals surface area (Å²) in [7, 11) is 0. The number of likely N-dealkylation sites (tertiary alicyclic amines) is 1. The van der Waals surface area contributed by atoms with Gasteiger partial charge in [0.15, 0.2) is 5.96 Å². The minimum Gasteiger partial charge on any atom is -0.379 e. The van der Waals surface area contributed by atoms with E-state index in [2.05, 4.69) is 36.4 Å². The Labute approximate surface area is 157 Å². The third-order valence-electron chi connectivity index (χ3n) is 3.36. The number of aliphatic imine (C=N–C) groups is 1. The van der Waals surface area contributed by atoms with Crippen LogP contribution in [0.5, 0.6) is 0 Å². The molecular formula is C16H33IN4O2. The Morgan fingerprint density at radius 3 is 2.78 bits per heavy atom. The summed E-state index contributed by atoms with van der Waals surface area (Å²) < 4.78 is 5.54. The molecule has 136 valence electrons. The van der Waals surface area contributed by atoms with E-state index >= 15 is 0 Å². The molecule has 1 saturated heterocycles. The third kappa shape index (κ3) is 10.8. The zero-order chi connectivity index (χ0) is 16.2. The van der Waals surface area contributed by atoms with E-state index in [4.69, 9.17) is 4.74 Å². The molecule has 1 rings (SSSR count). The molecule has 0 aromatic rings. The van der Waals surface area contributed by atoms with Crippen molar-refractivity contribution in [3.8, 4) is 0 Å². The van der Waals surface area contributed by atoms with Crippen LogP contribution >= 0.6 is 24.0 Å². The first-order chi connectivity index (χ1) is 10.6. The van der Waals surface area contributed by atoms with E-state index in [0.717, 1.165) is 58.1 Å². The van der Waals surface area contributed by atoms with Crippen molar-refractivity contribution in [2.45, 2.75) is 40.0 Å². The molecule has 1 aliphatic rings. The van der Waals surface area contributed by atoms with Gasteiger partial charge in [0.25, 0.3) is 0 Å². The third-order valence-corrected chi connectivity index (χ3v) is 3.36. The lowest BCUT2D eigenvalue weighted by Crippen LogP contribution is -2.39. The van der Waals surface area contributed by atoms with Gasteiger partial charge in [-0.1, -0.05) is 13.8 Å². The fourth-order valence-corrected chi connectivity index (χ4v) is 2.30. The van der Waals surface area contributed by atoms with Gasteiger partial charge >= 0.3 is 0 Å². The molecule has 23 heavy (non-hydrogen) atoms. The Morgan fingerprint density at radius 1 is 1.39 bits per heavy atom. The van der Waals surface area contributed by atoms with Gasteiger partial charge in [-0.3, -0.25) is 9.79 Å². The van der Waals surface area contributed by atoms with Crippen LogP contribution in [0.3, 0.4) is 0 Å². The Kier molecular flexibility index (Phi) is 13.5. The fraction of sp³-hybridized carbons (Fsp3) is 0.875. The molecule has 0 bridgehead atoms. The Balaban J connectivity index is 0.00000484. The SMILES string of the molecule is CCNC(=NCCCN1CCCC1=O)NCCOCC(C)C.I. The number of nitrogens with zero attached hydrogens (tertiary/aromatic N) is 2. The lowest BCUT2D eigenvalue weighted by Gasteiger charge is -2.15. The summed E-state index contributed by atoms with van der Waals surface area (Å²) in [6.07, 6.45) is 2.62. The fourth-order valence-electron chi connectivity index (χ4n) is 2.30. The highest BCUT2D eigenvalue weighted by Crippen LogP contribution is 2.09. The van der Waals surface area contributed by atoms with Crippen LogP contribution in [0.15, 0.2) is 4.99 Å². The highest BCUT2D eigenvalue weighted by Gasteiger charge is 2.18. The largest absolute Gasteiger partial charge is 0.379 e. The van der Waals surface area contributed by atoms with Crippen LogP contribution in [0, 0.1) is 5.92 Å². The van der Waals surface area contributed by atoms with Crippen LogP contribution in [-0.2, 0) is 9.53 Å². The van der Waals surface area contributed by atoms with Gasteiger partial charge in [0, 0.05) is 45.8 Å². The highest BCUT2D eigenvalue weighted by atomic mass is 127. The Morgan fingerprint density at radius 2 is 2.17 bits per heavy atom. The maximum atomic E-state index is 11.5. The van der Waals surface area contributed by atoms with Crippen molar-refractivity contribution < 1.29 is 9.53 Å². The first-order valence-corrected chi connectivity index (χ1v) is 8.51. The predicted molar refractivity (Wildman–Crippen MR) is 105 cm³/mol. The number of halogens is 1. The molecule has 0 saturated carbocycles. The molecule has 0 spiro atoms. The molecular weight excluding hydrogens is 407 g/mol. The topological polar surface area (TPSA) is 66.0 Å². The monoisotopic (exact) mass is 440 g/mol. The van der Waals surface area contributed by atoms with Crippen LogP contribution in [-0.4, -0.2) is 62.7 Å². The quantitative estimate of drug-likeness (QED) is 0.236. The summed E-state index contributed by atoms with van der Waals surface area (Å²) in [5.41, 5.74) is 0. The summed E-state index contributed by atoms with van der Waals surface area (Å²) in [4.78, 5) is 18.0. The van der Waals surface area contributed by atoms with Gasteiger partial charge in [0.1, 0.15) is 0 Å². The van der Waals surface area contributed by atoms with Crippen molar-refractivity contribution >= 4 is 35.8 Å². The molecule has 0 aromatic carbocycles. The van der Waals surface area contributed by atoms with E-state index in [1.165, 1.54) is 0 Å². The van der Waals surface area contributed by atoms with Gasteiger partial charge in [0.2, 0.25) is 5.91 Å². The van der Waals surface area contributed by atoms with Gasteiger partial charge in [-0.15, -0.1) is 24.0 Å². The molecule has 0 radical (unpaired) electrons. The molecule has 0 unspecified atom stereocenters. The second kappa shape index (κ2) is 13.8. The summed E-state index contributed by atoms with van der Waals surface area (Å²) in [6, 6.07) is 0. The first kappa shape index (κ1) is 22.4. The number of hydrogen-bond donors (Lipinski definition) is 2.